The Balaban J connectivity index is 1.96. The molecule has 0 aliphatic carbocycles. The van der Waals surface area contributed by atoms with Crippen LogP contribution in [0.2, 0.25) is 0 Å². The number of hydrogen-bond acceptors (Lipinski definition) is 6. The van der Waals surface area contributed by atoms with E-state index in [0.29, 0.717) is 13.1 Å². The normalized spacial score (nSPS) is 17.5. The van der Waals surface area contributed by atoms with Crippen LogP contribution >= 0.6 is 11.9 Å². The van der Waals surface area contributed by atoms with Crippen molar-refractivity contribution in [2.75, 3.05) is 26.2 Å². The van der Waals surface area contributed by atoms with Gasteiger partial charge in [-0.3, -0.25) is 4.90 Å². The molecule has 1 atom stereocenters. The molecule has 1 saturated heterocycles. The number of nitrogens with zero attached hydrogens (tertiary/aromatic N) is 2. The molecule has 0 aromatic heterocycles. The van der Waals surface area contributed by atoms with Gasteiger partial charge in [0.25, 0.3) is 0 Å². The molecule has 0 N–H and O–H groups in total. The van der Waals surface area contributed by atoms with E-state index in [9.17, 15) is 9.59 Å². The van der Waals surface area contributed by atoms with E-state index in [-0.39, 0.29) is 25.8 Å². The second kappa shape index (κ2) is 9.89. The van der Waals surface area contributed by atoms with Crippen molar-refractivity contribution in [2.24, 2.45) is 0 Å². The van der Waals surface area contributed by atoms with Crippen LogP contribution in [-0.4, -0.2) is 67.0 Å². The summed E-state index contributed by atoms with van der Waals surface area (Å²) in [5.41, 5.74) is 0.325. The lowest BCUT2D eigenvalue weighted by Gasteiger charge is -2.40. The fourth-order valence-corrected chi connectivity index (χ4v) is 2.89. The number of hydrogen-bond donors (Lipinski definition) is 0. The molecule has 1 heterocycles. The summed E-state index contributed by atoms with van der Waals surface area (Å²) in [6.07, 6.45) is -0.858. The topological polar surface area (TPSA) is 68.3 Å². The van der Waals surface area contributed by atoms with E-state index in [1.165, 1.54) is 0 Å². The minimum Gasteiger partial charge on any atom is -0.445 e. The van der Waals surface area contributed by atoms with Gasteiger partial charge in [0, 0.05) is 19.6 Å². The van der Waals surface area contributed by atoms with Gasteiger partial charge >= 0.3 is 12.2 Å². The third kappa shape index (κ3) is 6.99. The van der Waals surface area contributed by atoms with E-state index in [0.717, 1.165) is 17.5 Å². The number of carbonyl (C=O) groups excluding carboxylic acids is 2. The van der Waals surface area contributed by atoms with Crippen molar-refractivity contribution < 1.29 is 23.2 Å². The average molecular weight is 392 g/mol. The number of rotatable bonds is 5. The van der Waals surface area contributed by atoms with Gasteiger partial charge in [-0.15, -0.1) is 0 Å². The molecular formula is C18H25BN2O5S. The van der Waals surface area contributed by atoms with Crippen LogP contribution in [0, 0.1) is 0 Å². The largest absolute Gasteiger partial charge is 0.445 e. The zero-order chi connectivity index (χ0) is 19.9. The molecule has 0 bridgehead atoms. The summed E-state index contributed by atoms with van der Waals surface area (Å²) in [6.45, 7) is 6.79. The molecule has 7 nitrogen and oxygen atoms in total. The summed E-state index contributed by atoms with van der Waals surface area (Å²) in [4.78, 5) is 28.0. The third-order valence-corrected chi connectivity index (χ3v) is 4.17. The van der Waals surface area contributed by atoms with E-state index in [1.807, 2.05) is 51.1 Å². The molecule has 1 fully saturated rings. The standard InChI is InChI=1S/C18H25BN2O5S/c1-18(2,3)26-16(22)20-9-10-21(15(11-20)13-25-27-19)17(23)24-12-14-7-5-4-6-8-14/h4-8,15H,9-13H2,1-3H3. The maximum atomic E-state index is 12.5. The molecular weight excluding hydrogens is 367 g/mol. The Kier molecular flexibility index (Phi) is 7.85. The van der Waals surface area contributed by atoms with Crippen molar-refractivity contribution in [3.8, 4) is 0 Å². The molecule has 2 radical (unpaired) electrons. The molecule has 2 amide bonds. The van der Waals surface area contributed by atoms with Crippen molar-refractivity contribution in [3.05, 3.63) is 35.9 Å². The van der Waals surface area contributed by atoms with E-state index >= 15 is 0 Å². The Morgan fingerprint density at radius 1 is 1.19 bits per heavy atom. The van der Waals surface area contributed by atoms with Gasteiger partial charge in [-0.05, 0) is 26.3 Å². The van der Waals surface area contributed by atoms with Crippen LogP contribution in [0.5, 0.6) is 0 Å². The number of piperazine rings is 1. The Hall–Kier alpha value is -1.87. The molecule has 1 aromatic rings. The van der Waals surface area contributed by atoms with Gasteiger partial charge in [-0.1, -0.05) is 42.2 Å². The minimum atomic E-state index is -0.581. The molecule has 1 aliphatic rings. The van der Waals surface area contributed by atoms with Gasteiger partial charge in [0.2, 0.25) is 7.12 Å². The van der Waals surface area contributed by atoms with Gasteiger partial charge in [-0.25, -0.2) is 9.59 Å². The van der Waals surface area contributed by atoms with Gasteiger partial charge < -0.3 is 18.6 Å². The minimum absolute atomic E-state index is 0.181. The monoisotopic (exact) mass is 392 g/mol. The Labute approximate surface area is 165 Å². The van der Waals surface area contributed by atoms with E-state index in [2.05, 4.69) is 0 Å². The van der Waals surface area contributed by atoms with Crippen LogP contribution in [0.1, 0.15) is 26.3 Å². The quantitative estimate of drug-likeness (QED) is 0.567. The van der Waals surface area contributed by atoms with Crippen LogP contribution in [-0.2, 0) is 20.3 Å². The molecule has 9 heteroatoms. The Morgan fingerprint density at radius 2 is 1.89 bits per heavy atom. The van der Waals surface area contributed by atoms with Crippen molar-refractivity contribution in [3.63, 3.8) is 0 Å². The third-order valence-electron chi connectivity index (χ3n) is 3.90. The van der Waals surface area contributed by atoms with Gasteiger partial charge in [0.15, 0.2) is 0 Å². The van der Waals surface area contributed by atoms with Crippen LogP contribution in [0.25, 0.3) is 0 Å². The smallest absolute Gasteiger partial charge is 0.410 e. The van der Waals surface area contributed by atoms with Gasteiger partial charge in [-0.2, -0.15) is 0 Å². The molecule has 2 rings (SSSR count). The first-order valence-corrected chi connectivity index (χ1v) is 9.54. The number of amides is 2. The first kappa shape index (κ1) is 21.4. The molecule has 27 heavy (non-hydrogen) atoms. The second-order valence-corrected chi connectivity index (χ2v) is 7.62. The molecule has 1 unspecified atom stereocenters. The van der Waals surface area contributed by atoms with Crippen LogP contribution in [0.4, 0.5) is 9.59 Å². The first-order chi connectivity index (χ1) is 12.8. The number of ether oxygens (including phenoxy) is 2. The zero-order valence-corrected chi connectivity index (χ0v) is 16.7. The summed E-state index contributed by atoms with van der Waals surface area (Å²) in [5.74, 6) is 0. The number of benzene rings is 1. The molecule has 0 spiro atoms. The molecule has 1 aromatic carbocycles. The van der Waals surface area contributed by atoms with E-state index in [1.54, 1.807) is 9.80 Å². The predicted octanol–water partition coefficient (Wildman–Crippen LogP) is 2.99. The zero-order valence-electron chi connectivity index (χ0n) is 15.9. The number of carbonyl (C=O) groups is 2. The average Bonchev–Trinajstić information content (AvgIpc) is 2.63. The molecule has 0 saturated carbocycles. The van der Waals surface area contributed by atoms with E-state index in [4.69, 9.17) is 20.8 Å². The van der Waals surface area contributed by atoms with Crippen LogP contribution < -0.4 is 0 Å². The molecule has 1 aliphatic heterocycles. The fraction of sp³-hybridized carbons (Fsp3) is 0.556. The highest BCUT2D eigenvalue weighted by Gasteiger charge is 2.35. The van der Waals surface area contributed by atoms with Crippen LogP contribution in [0.15, 0.2) is 30.3 Å². The summed E-state index contributed by atoms with van der Waals surface area (Å²) >= 11 is 0.725. The van der Waals surface area contributed by atoms with Crippen molar-refractivity contribution in [1.29, 1.82) is 0 Å². The highest BCUT2D eigenvalue weighted by atomic mass is 32.2. The van der Waals surface area contributed by atoms with Crippen LogP contribution in [0.3, 0.4) is 0 Å². The van der Waals surface area contributed by atoms with E-state index < -0.39 is 17.8 Å². The van der Waals surface area contributed by atoms with Gasteiger partial charge in [0.05, 0.1) is 12.6 Å². The Morgan fingerprint density at radius 3 is 2.52 bits per heavy atom. The lowest BCUT2D eigenvalue weighted by atomic mass is 10.2. The summed E-state index contributed by atoms with van der Waals surface area (Å²) < 4.78 is 16.0. The maximum absolute atomic E-state index is 12.5. The summed E-state index contributed by atoms with van der Waals surface area (Å²) in [7, 11) is 5.33. The highest BCUT2D eigenvalue weighted by Crippen LogP contribution is 2.17. The second-order valence-electron chi connectivity index (χ2n) is 7.19. The summed E-state index contributed by atoms with van der Waals surface area (Å²) in [5, 5.41) is 0. The fourth-order valence-electron chi connectivity index (χ4n) is 2.65. The first-order valence-electron chi connectivity index (χ1n) is 8.74. The SMILES string of the molecule is [B]SOCC1CN(C(=O)OC(C)(C)C)CCN1C(=O)OCc1ccccc1. The van der Waals surface area contributed by atoms with Crippen molar-refractivity contribution in [1.82, 2.24) is 9.80 Å². The lowest BCUT2D eigenvalue weighted by Crippen LogP contribution is -2.58. The van der Waals surface area contributed by atoms with Crippen molar-refractivity contribution >= 4 is 31.2 Å². The van der Waals surface area contributed by atoms with Crippen molar-refractivity contribution in [2.45, 2.75) is 39.0 Å². The Bertz CT molecular complexity index is 626. The summed E-state index contributed by atoms with van der Waals surface area (Å²) in [6, 6.07) is 9.08. The molecule has 146 valence electrons. The van der Waals surface area contributed by atoms with Gasteiger partial charge in [0.1, 0.15) is 12.2 Å². The highest BCUT2D eigenvalue weighted by molar-refractivity contribution is 8.15. The predicted molar refractivity (Wildman–Crippen MR) is 104 cm³/mol. The maximum Gasteiger partial charge on any atom is 0.410 e. The lowest BCUT2D eigenvalue weighted by molar-refractivity contribution is -0.00380.